The zero-order valence-electron chi connectivity index (χ0n) is 16.0. The standard InChI is InChI=1S/C22H30N2O3/c25-21(15-27-22(26)14-18-13-16-4-5-17(18)12-16)23-19-6-8-20(9-7-19)24-10-2-1-3-11-24/h6-9,16-18H,1-5,10-15H2,(H,23,25)/t16-,17+,18-/m0/s1. The van der Waals surface area contributed by atoms with Gasteiger partial charge in [0.25, 0.3) is 5.91 Å². The molecule has 1 aromatic carbocycles. The molecule has 1 amide bonds. The summed E-state index contributed by atoms with van der Waals surface area (Å²) in [7, 11) is 0. The summed E-state index contributed by atoms with van der Waals surface area (Å²) in [6.07, 6.45) is 9.30. The van der Waals surface area contributed by atoms with E-state index in [-0.39, 0.29) is 18.5 Å². The van der Waals surface area contributed by atoms with Crippen molar-refractivity contribution in [1.29, 1.82) is 0 Å². The van der Waals surface area contributed by atoms with Gasteiger partial charge in [0.1, 0.15) is 0 Å². The van der Waals surface area contributed by atoms with Crippen molar-refractivity contribution in [2.45, 2.75) is 51.4 Å². The molecule has 0 aromatic heterocycles. The summed E-state index contributed by atoms with van der Waals surface area (Å²) in [5, 5.41) is 2.81. The number of carbonyl (C=O) groups excluding carboxylic acids is 2. The summed E-state index contributed by atoms with van der Waals surface area (Å²) < 4.78 is 5.21. The first-order chi connectivity index (χ1) is 13.2. The van der Waals surface area contributed by atoms with Crippen LogP contribution in [0.2, 0.25) is 0 Å². The molecule has 2 bridgehead atoms. The highest BCUT2D eigenvalue weighted by molar-refractivity contribution is 5.92. The van der Waals surface area contributed by atoms with Crippen LogP contribution in [-0.2, 0) is 14.3 Å². The van der Waals surface area contributed by atoms with Crippen LogP contribution in [0.5, 0.6) is 0 Å². The fourth-order valence-corrected chi connectivity index (χ4v) is 5.15. The van der Waals surface area contributed by atoms with Crippen LogP contribution in [0.15, 0.2) is 24.3 Å². The molecular weight excluding hydrogens is 340 g/mol. The van der Waals surface area contributed by atoms with Crippen LogP contribution >= 0.6 is 0 Å². The van der Waals surface area contributed by atoms with E-state index in [1.807, 2.05) is 24.3 Å². The molecule has 4 rings (SSSR count). The molecule has 5 nitrogen and oxygen atoms in total. The summed E-state index contributed by atoms with van der Waals surface area (Å²) in [6.45, 7) is 2.00. The lowest BCUT2D eigenvalue weighted by molar-refractivity contribution is -0.148. The minimum Gasteiger partial charge on any atom is -0.456 e. The minimum absolute atomic E-state index is 0.201. The first-order valence-corrected chi connectivity index (χ1v) is 10.5. The van der Waals surface area contributed by atoms with Crippen molar-refractivity contribution in [2.24, 2.45) is 17.8 Å². The van der Waals surface area contributed by atoms with Crippen molar-refractivity contribution in [1.82, 2.24) is 0 Å². The lowest BCUT2D eigenvalue weighted by Crippen LogP contribution is -2.29. The zero-order chi connectivity index (χ0) is 18.6. The maximum Gasteiger partial charge on any atom is 0.306 e. The molecule has 0 radical (unpaired) electrons. The highest BCUT2D eigenvalue weighted by atomic mass is 16.5. The molecule has 146 valence electrons. The Kier molecular flexibility index (Phi) is 5.65. The van der Waals surface area contributed by atoms with Crippen LogP contribution in [0.4, 0.5) is 11.4 Å². The number of benzene rings is 1. The summed E-state index contributed by atoms with van der Waals surface area (Å²) in [4.78, 5) is 26.5. The van der Waals surface area contributed by atoms with E-state index < -0.39 is 0 Å². The molecule has 2 saturated carbocycles. The largest absolute Gasteiger partial charge is 0.456 e. The number of anilines is 2. The van der Waals surface area contributed by atoms with Crippen molar-refractivity contribution in [2.75, 3.05) is 29.9 Å². The number of piperidine rings is 1. The normalized spacial score (nSPS) is 26.8. The van der Waals surface area contributed by atoms with Crippen LogP contribution in [-0.4, -0.2) is 31.6 Å². The van der Waals surface area contributed by atoms with Gasteiger partial charge in [0.15, 0.2) is 6.61 Å². The quantitative estimate of drug-likeness (QED) is 0.770. The first-order valence-electron chi connectivity index (χ1n) is 10.5. The fraction of sp³-hybridized carbons (Fsp3) is 0.636. The third-order valence-corrected chi connectivity index (χ3v) is 6.55. The maximum absolute atomic E-state index is 12.1. The molecule has 1 aliphatic heterocycles. The highest BCUT2D eigenvalue weighted by Crippen LogP contribution is 2.49. The molecule has 0 unspecified atom stereocenters. The number of nitrogens with one attached hydrogen (secondary N) is 1. The van der Waals surface area contributed by atoms with Crippen molar-refractivity contribution in [3.05, 3.63) is 24.3 Å². The molecule has 0 spiro atoms. The van der Waals surface area contributed by atoms with Crippen LogP contribution in [0.25, 0.3) is 0 Å². The molecule has 3 fully saturated rings. The summed E-state index contributed by atoms with van der Waals surface area (Å²) in [5.74, 6) is 1.49. The predicted octanol–water partition coefficient (Wildman–Crippen LogP) is 3.98. The van der Waals surface area contributed by atoms with E-state index in [4.69, 9.17) is 4.74 Å². The van der Waals surface area contributed by atoms with Gasteiger partial charge in [-0.15, -0.1) is 0 Å². The SMILES string of the molecule is O=C(COC(=O)C[C@@H]1C[C@H]2CC[C@@H]1C2)Nc1ccc(N2CCCCC2)cc1. The molecular formula is C22H30N2O3. The Hall–Kier alpha value is -2.04. The Morgan fingerprint density at radius 1 is 1.04 bits per heavy atom. The van der Waals surface area contributed by atoms with E-state index in [9.17, 15) is 9.59 Å². The molecule has 1 saturated heterocycles. The number of fused-ring (bicyclic) bond motifs is 2. The lowest BCUT2D eigenvalue weighted by atomic mass is 9.86. The molecule has 1 heterocycles. The van der Waals surface area contributed by atoms with Gasteiger partial charge in [-0.1, -0.05) is 6.42 Å². The average Bonchev–Trinajstić information content (AvgIpc) is 3.31. The highest BCUT2D eigenvalue weighted by Gasteiger charge is 2.40. The van der Waals surface area contributed by atoms with Crippen LogP contribution in [0.1, 0.15) is 51.4 Å². The minimum atomic E-state index is -0.276. The third-order valence-electron chi connectivity index (χ3n) is 6.55. The Morgan fingerprint density at radius 2 is 1.81 bits per heavy atom. The number of hydrogen-bond donors (Lipinski definition) is 1. The number of rotatable bonds is 6. The Morgan fingerprint density at radius 3 is 2.48 bits per heavy atom. The number of nitrogens with zero attached hydrogens (tertiary/aromatic N) is 1. The number of hydrogen-bond acceptors (Lipinski definition) is 4. The first kappa shape index (κ1) is 18.3. The van der Waals surface area contributed by atoms with E-state index in [0.29, 0.717) is 18.3 Å². The van der Waals surface area contributed by atoms with Gasteiger partial charge in [-0.3, -0.25) is 9.59 Å². The Labute approximate surface area is 161 Å². The molecule has 1 N–H and O–H groups in total. The second-order valence-electron chi connectivity index (χ2n) is 8.44. The molecule has 3 atom stereocenters. The summed E-state index contributed by atoms with van der Waals surface area (Å²) >= 11 is 0. The van der Waals surface area contributed by atoms with Gasteiger partial charge in [-0.2, -0.15) is 0 Å². The zero-order valence-corrected chi connectivity index (χ0v) is 16.0. The molecule has 1 aromatic rings. The van der Waals surface area contributed by atoms with Gasteiger partial charge in [-0.25, -0.2) is 0 Å². The van der Waals surface area contributed by atoms with Gasteiger partial charge in [0.2, 0.25) is 0 Å². The Balaban J connectivity index is 1.19. The van der Waals surface area contributed by atoms with Crippen LogP contribution in [0, 0.1) is 17.8 Å². The fourth-order valence-electron chi connectivity index (χ4n) is 5.15. The van der Waals surface area contributed by atoms with Gasteiger partial charge in [0.05, 0.1) is 0 Å². The molecule has 3 aliphatic rings. The number of carbonyl (C=O) groups is 2. The number of amides is 1. The smallest absolute Gasteiger partial charge is 0.306 e. The third kappa shape index (κ3) is 4.63. The average molecular weight is 370 g/mol. The molecule has 2 aliphatic carbocycles. The van der Waals surface area contributed by atoms with Crippen molar-refractivity contribution in [3.63, 3.8) is 0 Å². The van der Waals surface area contributed by atoms with E-state index in [0.717, 1.165) is 31.1 Å². The van der Waals surface area contributed by atoms with Gasteiger partial charge >= 0.3 is 5.97 Å². The monoisotopic (exact) mass is 370 g/mol. The maximum atomic E-state index is 12.1. The summed E-state index contributed by atoms with van der Waals surface area (Å²) in [5.41, 5.74) is 1.94. The van der Waals surface area contributed by atoms with Crippen molar-refractivity contribution in [3.8, 4) is 0 Å². The Bertz CT molecular complexity index is 667. The molecule has 5 heteroatoms. The predicted molar refractivity (Wildman–Crippen MR) is 106 cm³/mol. The van der Waals surface area contributed by atoms with Crippen molar-refractivity contribution >= 4 is 23.3 Å². The van der Waals surface area contributed by atoms with Gasteiger partial charge in [-0.05, 0) is 80.5 Å². The number of esters is 1. The number of ether oxygens (including phenoxy) is 1. The molecule has 27 heavy (non-hydrogen) atoms. The summed E-state index contributed by atoms with van der Waals surface area (Å²) in [6, 6.07) is 7.92. The van der Waals surface area contributed by atoms with Crippen molar-refractivity contribution < 1.29 is 14.3 Å². The van der Waals surface area contributed by atoms with E-state index in [1.54, 1.807) is 0 Å². The van der Waals surface area contributed by atoms with Crippen LogP contribution in [0.3, 0.4) is 0 Å². The van der Waals surface area contributed by atoms with Gasteiger partial charge < -0.3 is 15.0 Å². The second-order valence-corrected chi connectivity index (χ2v) is 8.44. The van der Waals surface area contributed by atoms with E-state index in [1.165, 1.54) is 44.2 Å². The lowest BCUT2D eigenvalue weighted by Gasteiger charge is -2.28. The second kappa shape index (κ2) is 8.32. The topological polar surface area (TPSA) is 58.6 Å². The van der Waals surface area contributed by atoms with E-state index >= 15 is 0 Å². The van der Waals surface area contributed by atoms with Gasteiger partial charge in [0, 0.05) is 30.9 Å². The van der Waals surface area contributed by atoms with Crippen LogP contribution < -0.4 is 10.2 Å². The van der Waals surface area contributed by atoms with E-state index in [2.05, 4.69) is 10.2 Å².